The van der Waals surface area contributed by atoms with Crippen LogP contribution in [0.25, 0.3) is 0 Å². The molecule has 0 aromatic carbocycles. The standard InChI is InChI=1S/C5H13O5P/c1-8-11(7)10-5-4-9-3-2-6/h6-7H,2-5H2,1H3. The monoisotopic (exact) mass is 184 g/mol. The first-order chi connectivity index (χ1) is 5.31. The first kappa shape index (κ1) is 11.2. The molecule has 68 valence electrons. The van der Waals surface area contributed by atoms with Gasteiger partial charge in [-0.05, 0) is 0 Å². The Balaban J connectivity index is 2.89. The van der Waals surface area contributed by atoms with E-state index in [0.717, 1.165) is 0 Å². The first-order valence-electron chi connectivity index (χ1n) is 3.16. The number of ether oxygens (including phenoxy) is 1. The average Bonchev–Trinajstić information content (AvgIpc) is 2.04. The topological polar surface area (TPSA) is 68.2 Å². The second-order valence-electron chi connectivity index (χ2n) is 1.59. The molecule has 0 saturated heterocycles. The molecule has 1 unspecified atom stereocenters. The highest BCUT2D eigenvalue weighted by Crippen LogP contribution is 2.30. The van der Waals surface area contributed by atoms with E-state index < -0.39 is 8.60 Å². The molecule has 2 N–H and O–H groups in total. The van der Waals surface area contributed by atoms with Crippen molar-refractivity contribution in [3.8, 4) is 0 Å². The van der Waals surface area contributed by atoms with Crippen LogP contribution in [-0.2, 0) is 13.8 Å². The van der Waals surface area contributed by atoms with Crippen molar-refractivity contribution >= 4 is 8.60 Å². The summed E-state index contributed by atoms with van der Waals surface area (Å²) in [5.41, 5.74) is 0. The van der Waals surface area contributed by atoms with Crippen LogP contribution in [0.4, 0.5) is 0 Å². The fraction of sp³-hybridized carbons (Fsp3) is 1.00. The third-order valence-electron chi connectivity index (χ3n) is 0.821. The van der Waals surface area contributed by atoms with Crippen molar-refractivity contribution in [1.29, 1.82) is 0 Å². The van der Waals surface area contributed by atoms with Gasteiger partial charge >= 0.3 is 8.60 Å². The minimum Gasteiger partial charge on any atom is -0.394 e. The van der Waals surface area contributed by atoms with Crippen LogP contribution in [-0.4, -0.2) is 43.5 Å². The highest BCUT2D eigenvalue weighted by Gasteiger charge is 2.01. The largest absolute Gasteiger partial charge is 0.394 e. The fourth-order valence-corrected chi connectivity index (χ4v) is 0.730. The second-order valence-corrected chi connectivity index (χ2v) is 2.69. The van der Waals surface area contributed by atoms with Gasteiger partial charge in [0.15, 0.2) is 0 Å². The number of hydrogen-bond acceptors (Lipinski definition) is 5. The van der Waals surface area contributed by atoms with Crippen LogP contribution in [0.15, 0.2) is 0 Å². The van der Waals surface area contributed by atoms with Crippen molar-refractivity contribution in [2.75, 3.05) is 33.5 Å². The van der Waals surface area contributed by atoms with Crippen molar-refractivity contribution in [3.05, 3.63) is 0 Å². The Morgan fingerprint density at radius 3 is 2.55 bits per heavy atom. The molecule has 0 heterocycles. The molecule has 11 heavy (non-hydrogen) atoms. The summed E-state index contributed by atoms with van der Waals surface area (Å²) < 4.78 is 14.0. The molecule has 5 nitrogen and oxygen atoms in total. The summed E-state index contributed by atoms with van der Waals surface area (Å²) >= 11 is 0. The smallest absolute Gasteiger partial charge is 0.329 e. The van der Waals surface area contributed by atoms with Crippen LogP contribution in [0, 0.1) is 0 Å². The minimum atomic E-state index is -1.74. The zero-order chi connectivity index (χ0) is 8.53. The van der Waals surface area contributed by atoms with E-state index in [1.54, 1.807) is 0 Å². The highest BCUT2D eigenvalue weighted by atomic mass is 31.2. The lowest BCUT2D eigenvalue weighted by molar-refractivity contribution is 0.0662. The number of aliphatic hydroxyl groups excluding tert-OH is 1. The molecular weight excluding hydrogens is 171 g/mol. The summed E-state index contributed by atoms with van der Waals surface area (Å²) in [5.74, 6) is 0. The molecule has 0 amide bonds. The van der Waals surface area contributed by atoms with E-state index in [0.29, 0.717) is 13.2 Å². The summed E-state index contributed by atoms with van der Waals surface area (Å²) in [6.45, 7) is 0.914. The third-order valence-corrected chi connectivity index (χ3v) is 1.54. The lowest BCUT2D eigenvalue weighted by Gasteiger charge is -2.06. The molecule has 6 heteroatoms. The SMILES string of the molecule is COP(O)OCCOCCO. The zero-order valence-corrected chi connectivity index (χ0v) is 7.29. The van der Waals surface area contributed by atoms with Gasteiger partial charge in [-0.3, -0.25) is 0 Å². The Morgan fingerprint density at radius 2 is 2.00 bits per heavy atom. The van der Waals surface area contributed by atoms with E-state index in [2.05, 4.69) is 4.52 Å². The number of aliphatic hydroxyl groups is 1. The van der Waals surface area contributed by atoms with Gasteiger partial charge in [0, 0.05) is 7.11 Å². The molecule has 0 saturated carbocycles. The van der Waals surface area contributed by atoms with Gasteiger partial charge in [-0.25, -0.2) is 0 Å². The molecule has 0 rings (SSSR count). The molecule has 0 bridgehead atoms. The molecule has 0 spiro atoms. The summed E-state index contributed by atoms with van der Waals surface area (Å²) in [6.07, 6.45) is 0. The van der Waals surface area contributed by atoms with E-state index in [-0.39, 0.29) is 13.2 Å². The quantitative estimate of drug-likeness (QED) is 0.426. The summed E-state index contributed by atoms with van der Waals surface area (Å²) in [5, 5.41) is 8.29. The van der Waals surface area contributed by atoms with Crippen molar-refractivity contribution in [2.45, 2.75) is 0 Å². The normalized spacial score (nSPS) is 13.4. The third kappa shape index (κ3) is 8.13. The van der Waals surface area contributed by atoms with Crippen molar-refractivity contribution in [1.82, 2.24) is 0 Å². The van der Waals surface area contributed by atoms with Gasteiger partial charge in [-0.15, -0.1) is 0 Å². The molecule has 0 fully saturated rings. The Bertz CT molecular complexity index is 81.3. The van der Waals surface area contributed by atoms with Gasteiger partial charge in [-0.1, -0.05) is 0 Å². The van der Waals surface area contributed by atoms with Crippen LogP contribution in [0.1, 0.15) is 0 Å². The molecule has 0 aliphatic rings. The van der Waals surface area contributed by atoms with Crippen LogP contribution in [0.2, 0.25) is 0 Å². The minimum absolute atomic E-state index is 0.00182. The van der Waals surface area contributed by atoms with Crippen molar-refractivity contribution in [2.24, 2.45) is 0 Å². The first-order valence-corrected chi connectivity index (χ1v) is 4.29. The van der Waals surface area contributed by atoms with Crippen LogP contribution >= 0.6 is 8.60 Å². The van der Waals surface area contributed by atoms with Gasteiger partial charge in [0.05, 0.1) is 26.4 Å². The zero-order valence-electron chi connectivity index (χ0n) is 6.39. The maximum atomic E-state index is 8.73. The lowest BCUT2D eigenvalue weighted by atomic mass is 10.7. The molecule has 0 aliphatic carbocycles. The van der Waals surface area contributed by atoms with Crippen LogP contribution in [0.3, 0.4) is 0 Å². The lowest BCUT2D eigenvalue weighted by Crippen LogP contribution is -2.05. The van der Waals surface area contributed by atoms with E-state index in [9.17, 15) is 0 Å². The molecule has 0 aromatic heterocycles. The molecule has 0 aliphatic heterocycles. The molecule has 0 radical (unpaired) electrons. The van der Waals surface area contributed by atoms with Gasteiger partial charge in [0.25, 0.3) is 0 Å². The van der Waals surface area contributed by atoms with Gasteiger partial charge in [0.1, 0.15) is 0 Å². The predicted molar refractivity (Wildman–Crippen MR) is 40.0 cm³/mol. The average molecular weight is 184 g/mol. The second kappa shape index (κ2) is 8.33. The number of hydrogen-bond donors (Lipinski definition) is 2. The fourth-order valence-electron chi connectivity index (χ4n) is 0.394. The summed E-state index contributed by atoms with van der Waals surface area (Å²) in [6, 6.07) is 0. The maximum absolute atomic E-state index is 8.73. The van der Waals surface area contributed by atoms with Crippen molar-refractivity contribution in [3.63, 3.8) is 0 Å². The maximum Gasteiger partial charge on any atom is 0.329 e. The Labute approximate surface area is 66.9 Å². The summed E-state index contributed by atoms with van der Waals surface area (Å²) in [7, 11) is -0.380. The van der Waals surface area contributed by atoms with Gasteiger partial charge in [0.2, 0.25) is 0 Å². The van der Waals surface area contributed by atoms with E-state index in [1.165, 1.54) is 7.11 Å². The summed E-state index contributed by atoms with van der Waals surface area (Å²) in [4.78, 5) is 8.73. The molecular formula is C5H13O5P. The van der Waals surface area contributed by atoms with E-state index in [4.69, 9.17) is 19.3 Å². The predicted octanol–water partition coefficient (Wildman–Crippen LogP) is -0.122. The molecule has 0 aromatic rings. The van der Waals surface area contributed by atoms with Crippen molar-refractivity contribution < 1.29 is 23.8 Å². The highest BCUT2D eigenvalue weighted by molar-refractivity contribution is 7.40. The Kier molecular flexibility index (Phi) is 8.50. The molecule has 1 atom stereocenters. The van der Waals surface area contributed by atoms with E-state index >= 15 is 0 Å². The van der Waals surface area contributed by atoms with Crippen LogP contribution in [0.5, 0.6) is 0 Å². The van der Waals surface area contributed by atoms with Crippen LogP contribution < -0.4 is 0 Å². The van der Waals surface area contributed by atoms with Gasteiger partial charge in [-0.2, -0.15) is 0 Å². The van der Waals surface area contributed by atoms with E-state index in [1.807, 2.05) is 0 Å². The Morgan fingerprint density at radius 1 is 1.27 bits per heavy atom. The Hall–Kier alpha value is 0.230. The van der Waals surface area contributed by atoms with Gasteiger partial charge < -0.3 is 23.8 Å². The number of rotatable bonds is 7.